The summed E-state index contributed by atoms with van der Waals surface area (Å²) in [6.07, 6.45) is 0.850. The predicted octanol–water partition coefficient (Wildman–Crippen LogP) is 3.05. The van der Waals surface area contributed by atoms with Gasteiger partial charge in [-0.05, 0) is 35.7 Å². The van der Waals surface area contributed by atoms with Crippen molar-refractivity contribution in [1.82, 2.24) is 14.1 Å². The van der Waals surface area contributed by atoms with Gasteiger partial charge in [0.05, 0.1) is 10.9 Å². The standard InChI is InChI=1S/C21H21N3O3S/c1-12(2)11-24-20-15(19(26)23(3)21(24)27)10-17(28-20)18(25)14-6-7-16-13(9-14)5-4-8-22-16/h4-10,12,18,25H,11H2,1-3H3. The zero-order chi connectivity index (χ0) is 20.0. The number of hydrogen-bond donors (Lipinski definition) is 1. The van der Waals surface area contributed by atoms with E-state index in [4.69, 9.17) is 0 Å². The summed E-state index contributed by atoms with van der Waals surface area (Å²) in [6, 6.07) is 11.1. The third-order valence-electron chi connectivity index (χ3n) is 4.79. The highest BCUT2D eigenvalue weighted by atomic mass is 32.1. The molecular weight excluding hydrogens is 374 g/mol. The van der Waals surface area contributed by atoms with E-state index in [1.54, 1.807) is 16.8 Å². The van der Waals surface area contributed by atoms with Crippen LogP contribution in [0.25, 0.3) is 21.1 Å². The molecule has 0 radical (unpaired) electrons. The largest absolute Gasteiger partial charge is 0.383 e. The van der Waals surface area contributed by atoms with Crippen molar-refractivity contribution < 1.29 is 5.11 Å². The molecule has 0 spiro atoms. The Morgan fingerprint density at radius 2 is 1.96 bits per heavy atom. The maximum absolute atomic E-state index is 12.6. The Bertz CT molecular complexity index is 1300. The van der Waals surface area contributed by atoms with Gasteiger partial charge in [0, 0.05) is 30.1 Å². The first kappa shape index (κ1) is 18.6. The highest BCUT2D eigenvalue weighted by Crippen LogP contribution is 2.32. The second kappa shape index (κ2) is 7.00. The van der Waals surface area contributed by atoms with E-state index in [2.05, 4.69) is 4.98 Å². The second-order valence-electron chi connectivity index (χ2n) is 7.38. The monoisotopic (exact) mass is 395 g/mol. The lowest BCUT2D eigenvalue weighted by atomic mass is 10.0. The van der Waals surface area contributed by atoms with Gasteiger partial charge in [0.1, 0.15) is 10.9 Å². The van der Waals surface area contributed by atoms with Gasteiger partial charge in [0.25, 0.3) is 5.56 Å². The number of benzene rings is 1. The summed E-state index contributed by atoms with van der Waals surface area (Å²) < 4.78 is 2.77. The van der Waals surface area contributed by atoms with Gasteiger partial charge in [-0.25, -0.2) is 4.79 Å². The maximum atomic E-state index is 12.6. The molecule has 0 fully saturated rings. The van der Waals surface area contributed by atoms with Crippen molar-refractivity contribution in [3.05, 3.63) is 73.9 Å². The predicted molar refractivity (Wildman–Crippen MR) is 112 cm³/mol. The minimum Gasteiger partial charge on any atom is -0.383 e. The summed E-state index contributed by atoms with van der Waals surface area (Å²) in [6.45, 7) is 4.56. The number of rotatable bonds is 4. The lowest BCUT2D eigenvalue weighted by Crippen LogP contribution is -2.38. The van der Waals surface area contributed by atoms with Gasteiger partial charge >= 0.3 is 5.69 Å². The Balaban J connectivity index is 1.87. The third kappa shape index (κ3) is 3.06. The highest BCUT2D eigenvalue weighted by molar-refractivity contribution is 7.18. The Labute approximate surface area is 165 Å². The molecule has 3 aromatic heterocycles. The molecule has 1 aromatic carbocycles. The first-order chi connectivity index (χ1) is 13.4. The molecule has 3 heterocycles. The number of fused-ring (bicyclic) bond motifs is 2. The van der Waals surface area contributed by atoms with Gasteiger partial charge in [0.2, 0.25) is 0 Å². The number of aromatic nitrogens is 3. The zero-order valence-electron chi connectivity index (χ0n) is 15.9. The fourth-order valence-electron chi connectivity index (χ4n) is 3.38. The van der Waals surface area contributed by atoms with Crippen LogP contribution in [0.1, 0.15) is 30.4 Å². The molecule has 144 valence electrons. The Morgan fingerprint density at radius 3 is 2.71 bits per heavy atom. The van der Waals surface area contributed by atoms with Crippen LogP contribution in [-0.2, 0) is 13.6 Å². The van der Waals surface area contributed by atoms with Crippen molar-refractivity contribution in [2.45, 2.75) is 26.5 Å². The molecule has 0 saturated carbocycles. The highest BCUT2D eigenvalue weighted by Gasteiger charge is 2.20. The first-order valence-corrected chi connectivity index (χ1v) is 9.94. The van der Waals surface area contributed by atoms with Crippen LogP contribution in [0.5, 0.6) is 0 Å². The van der Waals surface area contributed by atoms with Gasteiger partial charge in [0.15, 0.2) is 0 Å². The smallest absolute Gasteiger partial charge is 0.331 e. The van der Waals surface area contributed by atoms with Gasteiger partial charge < -0.3 is 5.11 Å². The van der Waals surface area contributed by atoms with Crippen LogP contribution in [0, 0.1) is 5.92 Å². The fraction of sp³-hybridized carbons (Fsp3) is 0.286. The van der Waals surface area contributed by atoms with Gasteiger partial charge in [-0.2, -0.15) is 0 Å². The van der Waals surface area contributed by atoms with Crippen LogP contribution in [0.3, 0.4) is 0 Å². The van der Waals surface area contributed by atoms with Crippen LogP contribution >= 0.6 is 11.3 Å². The average Bonchev–Trinajstić information content (AvgIpc) is 3.14. The minimum atomic E-state index is -0.880. The molecule has 0 saturated heterocycles. The molecule has 0 aliphatic heterocycles. The molecule has 1 unspecified atom stereocenters. The van der Waals surface area contributed by atoms with Gasteiger partial charge in [-0.3, -0.25) is 18.9 Å². The summed E-state index contributed by atoms with van der Waals surface area (Å²) in [4.78, 5) is 30.7. The lowest BCUT2D eigenvalue weighted by Gasteiger charge is -2.11. The summed E-state index contributed by atoms with van der Waals surface area (Å²) in [7, 11) is 1.49. The molecular formula is C21H21N3O3S. The van der Waals surface area contributed by atoms with Crippen molar-refractivity contribution in [2.24, 2.45) is 13.0 Å². The molecule has 4 aromatic rings. The van der Waals surface area contributed by atoms with E-state index >= 15 is 0 Å². The van der Waals surface area contributed by atoms with E-state index < -0.39 is 6.10 Å². The molecule has 28 heavy (non-hydrogen) atoms. The van der Waals surface area contributed by atoms with E-state index in [1.165, 1.54) is 18.4 Å². The van der Waals surface area contributed by atoms with E-state index in [-0.39, 0.29) is 17.2 Å². The Hall–Kier alpha value is -2.77. The first-order valence-electron chi connectivity index (χ1n) is 9.13. The van der Waals surface area contributed by atoms with Gasteiger partial charge in [-0.1, -0.05) is 26.0 Å². The van der Waals surface area contributed by atoms with Crippen LogP contribution in [0.2, 0.25) is 0 Å². The summed E-state index contributed by atoms with van der Waals surface area (Å²) in [5, 5.41) is 12.3. The third-order valence-corrected chi connectivity index (χ3v) is 6.00. The molecule has 0 aliphatic carbocycles. The average molecular weight is 395 g/mol. The quantitative estimate of drug-likeness (QED) is 0.576. The Morgan fingerprint density at radius 1 is 1.18 bits per heavy atom. The van der Waals surface area contributed by atoms with E-state index in [1.807, 2.05) is 44.2 Å². The summed E-state index contributed by atoms with van der Waals surface area (Å²) in [5.74, 6) is 0.252. The fourth-order valence-corrected chi connectivity index (χ4v) is 4.55. The van der Waals surface area contributed by atoms with Crippen molar-refractivity contribution in [3.8, 4) is 0 Å². The molecule has 7 heteroatoms. The molecule has 1 N–H and O–H groups in total. The van der Waals surface area contributed by atoms with E-state index in [9.17, 15) is 14.7 Å². The molecule has 0 amide bonds. The zero-order valence-corrected chi connectivity index (χ0v) is 16.7. The van der Waals surface area contributed by atoms with Crippen LogP contribution in [0.4, 0.5) is 0 Å². The number of nitrogens with zero attached hydrogens (tertiary/aromatic N) is 3. The van der Waals surface area contributed by atoms with Crippen molar-refractivity contribution in [3.63, 3.8) is 0 Å². The topological polar surface area (TPSA) is 77.1 Å². The SMILES string of the molecule is CC(C)Cn1c(=O)n(C)c(=O)c2cc(C(O)c3ccc4ncccc4c3)sc21. The normalized spacial score (nSPS) is 12.9. The van der Waals surface area contributed by atoms with Crippen molar-refractivity contribution in [2.75, 3.05) is 0 Å². The Kier molecular flexibility index (Phi) is 4.64. The van der Waals surface area contributed by atoms with Crippen LogP contribution in [-0.4, -0.2) is 19.2 Å². The molecule has 0 bridgehead atoms. The summed E-state index contributed by atoms with van der Waals surface area (Å²) in [5.41, 5.74) is 0.916. The van der Waals surface area contributed by atoms with Gasteiger partial charge in [-0.15, -0.1) is 11.3 Å². The number of aliphatic hydroxyl groups is 1. The number of hydrogen-bond acceptors (Lipinski definition) is 5. The minimum absolute atomic E-state index is 0.252. The number of pyridine rings is 1. The van der Waals surface area contributed by atoms with Crippen LogP contribution in [0.15, 0.2) is 52.2 Å². The molecule has 6 nitrogen and oxygen atoms in total. The molecule has 0 aliphatic rings. The van der Waals surface area contributed by atoms with E-state index in [0.717, 1.165) is 21.0 Å². The summed E-state index contributed by atoms with van der Waals surface area (Å²) >= 11 is 1.30. The number of aliphatic hydroxyl groups excluding tert-OH is 1. The van der Waals surface area contributed by atoms with Crippen molar-refractivity contribution >= 4 is 32.5 Å². The van der Waals surface area contributed by atoms with Crippen LogP contribution < -0.4 is 11.2 Å². The maximum Gasteiger partial charge on any atom is 0.331 e. The lowest BCUT2D eigenvalue weighted by molar-refractivity contribution is 0.224. The number of thiophene rings is 1. The molecule has 4 rings (SSSR count). The second-order valence-corrected chi connectivity index (χ2v) is 8.44. The molecule has 1 atom stereocenters. The van der Waals surface area contributed by atoms with E-state index in [0.29, 0.717) is 21.6 Å². The van der Waals surface area contributed by atoms with Crippen molar-refractivity contribution in [1.29, 1.82) is 0 Å².